The summed E-state index contributed by atoms with van der Waals surface area (Å²) in [7, 11) is -3.22. The maximum absolute atomic E-state index is 12.3. The van der Waals surface area contributed by atoms with Crippen molar-refractivity contribution < 1.29 is 8.42 Å². The smallest absolute Gasteiger partial charge is 0.214 e. The van der Waals surface area contributed by atoms with E-state index < -0.39 is 10.0 Å². The van der Waals surface area contributed by atoms with Crippen LogP contribution in [0.2, 0.25) is 0 Å². The summed E-state index contributed by atoms with van der Waals surface area (Å²) in [5, 5.41) is -0.271. The van der Waals surface area contributed by atoms with E-state index in [9.17, 15) is 8.42 Å². The van der Waals surface area contributed by atoms with Gasteiger partial charge in [-0.25, -0.2) is 13.1 Å². The predicted molar refractivity (Wildman–Crippen MR) is 81.9 cm³/mol. The highest BCUT2D eigenvalue weighted by molar-refractivity contribution is 7.90. The molecule has 5 heteroatoms. The predicted octanol–water partition coefficient (Wildman–Crippen LogP) is 1.76. The summed E-state index contributed by atoms with van der Waals surface area (Å²) in [5.41, 5.74) is 0.986. The lowest BCUT2D eigenvalue weighted by molar-refractivity contribution is 0.252. The zero-order valence-corrected chi connectivity index (χ0v) is 12.5. The topological polar surface area (TPSA) is 49.4 Å². The van der Waals surface area contributed by atoms with Crippen molar-refractivity contribution in [2.24, 2.45) is 0 Å². The van der Waals surface area contributed by atoms with Crippen LogP contribution in [0.1, 0.15) is 18.4 Å². The van der Waals surface area contributed by atoms with Gasteiger partial charge in [0.15, 0.2) is 0 Å². The summed E-state index contributed by atoms with van der Waals surface area (Å²) in [6.45, 7) is 6.57. The van der Waals surface area contributed by atoms with Gasteiger partial charge in [0.25, 0.3) is 0 Å². The van der Waals surface area contributed by atoms with Crippen molar-refractivity contribution in [3.63, 3.8) is 0 Å². The molecule has 110 valence electrons. The number of rotatable bonds is 6. The molecule has 1 fully saturated rings. The van der Waals surface area contributed by atoms with Gasteiger partial charge in [-0.15, -0.1) is 6.58 Å². The molecule has 0 radical (unpaired) electrons. The molecule has 1 aliphatic heterocycles. The number of sulfonamides is 1. The van der Waals surface area contributed by atoms with E-state index in [2.05, 4.69) is 16.2 Å². The zero-order valence-electron chi connectivity index (χ0n) is 11.7. The van der Waals surface area contributed by atoms with E-state index in [1.54, 1.807) is 0 Å². The fourth-order valence-corrected chi connectivity index (χ4v) is 3.92. The molecule has 0 aromatic heterocycles. The molecule has 1 N–H and O–H groups in total. The van der Waals surface area contributed by atoms with Gasteiger partial charge in [0.05, 0.1) is 5.25 Å². The number of likely N-dealkylation sites (tertiary alicyclic amines) is 1. The first-order chi connectivity index (χ1) is 9.62. The Morgan fingerprint density at radius 2 is 1.90 bits per heavy atom. The molecule has 1 heterocycles. The van der Waals surface area contributed by atoms with Gasteiger partial charge >= 0.3 is 0 Å². The molecule has 0 aliphatic carbocycles. The number of hydrogen-bond acceptors (Lipinski definition) is 3. The fourth-order valence-electron chi connectivity index (χ4n) is 2.48. The van der Waals surface area contributed by atoms with Crippen molar-refractivity contribution >= 4 is 10.0 Å². The maximum atomic E-state index is 12.3. The van der Waals surface area contributed by atoms with Crippen LogP contribution in [-0.4, -0.2) is 38.2 Å². The minimum atomic E-state index is -3.22. The summed E-state index contributed by atoms with van der Waals surface area (Å²) in [4.78, 5) is 2.23. The Morgan fingerprint density at radius 1 is 1.25 bits per heavy atom. The monoisotopic (exact) mass is 294 g/mol. The van der Waals surface area contributed by atoms with Crippen molar-refractivity contribution in [3.05, 3.63) is 48.6 Å². The van der Waals surface area contributed by atoms with Crippen molar-refractivity contribution in [1.29, 1.82) is 0 Å². The van der Waals surface area contributed by atoms with E-state index in [0.29, 0.717) is 19.4 Å². The van der Waals surface area contributed by atoms with E-state index in [1.807, 2.05) is 36.4 Å². The molecule has 0 atom stereocenters. The van der Waals surface area contributed by atoms with E-state index in [1.165, 1.54) is 0 Å². The number of benzene rings is 1. The Bertz CT molecular complexity index is 520. The zero-order chi connectivity index (χ0) is 14.4. The van der Waals surface area contributed by atoms with Crippen molar-refractivity contribution in [2.75, 3.05) is 19.6 Å². The van der Waals surface area contributed by atoms with Gasteiger partial charge in [-0.05, 0) is 31.5 Å². The van der Waals surface area contributed by atoms with E-state index in [4.69, 9.17) is 0 Å². The summed E-state index contributed by atoms with van der Waals surface area (Å²) in [6, 6.07) is 9.60. The molecule has 1 aromatic carbocycles. The van der Waals surface area contributed by atoms with Crippen molar-refractivity contribution in [3.8, 4) is 0 Å². The van der Waals surface area contributed by atoms with Crippen LogP contribution in [0, 0.1) is 0 Å². The molecular weight excluding hydrogens is 272 g/mol. The van der Waals surface area contributed by atoms with Crippen LogP contribution in [0.3, 0.4) is 0 Å². The van der Waals surface area contributed by atoms with Crippen LogP contribution in [0.5, 0.6) is 0 Å². The Labute approximate surface area is 121 Å². The second-order valence-corrected chi connectivity index (χ2v) is 7.19. The standard InChI is InChI=1S/C15H22N2O2S/c1-2-10-17-11-8-15(9-12-17)20(18,19)16-13-14-6-4-3-5-7-14/h2-7,15-16H,1,8-13H2. The molecule has 1 aliphatic rings. The highest BCUT2D eigenvalue weighted by Crippen LogP contribution is 2.17. The lowest BCUT2D eigenvalue weighted by Gasteiger charge is -2.30. The second kappa shape index (κ2) is 7.02. The van der Waals surface area contributed by atoms with E-state index in [-0.39, 0.29) is 5.25 Å². The molecule has 0 bridgehead atoms. The molecular formula is C15H22N2O2S. The Morgan fingerprint density at radius 3 is 2.50 bits per heavy atom. The largest absolute Gasteiger partial charge is 0.300 e. The van der Waals surface area contributed by atoms with Crippen LogP contribution < -0.4 is 4.72 Å². The quantitative estimate of drug-likeness (QED) is 0.813. The molecule has 1 aromatic rings. The molecule has 0 spiro atoms. The van der Waals surface area contributed by atoms with Gasteiger partial charge < -0.3 is 0 Å². The lowest BCUT2D eigenvalue weighted by atomic mass is 10.1. The van der Waals surface area contributed by atoms with Gasteiger partial charge in [-0.3, -0.25) is 4.90 Å². The number of hydrogen-bond donors (Lipinski definition) is 1. The first-order valence-electron chi connectivity index (χ1n) is 6.97. The average Bonchev–Trinajstić information content (AvgIpc) is 2.47. The van der Waals surface area contributed by atoms with Crippen LogP contribution in [0.4, 0.5) is 0 Å². The molecule has 1 saturated heterocycles. The Kier molecular flexibility index (Phi) is 5.34. The summed E-state index contributed by atoms with van der Waals surface area (Å²) >= 11 is 0. The number of nitrogens with one attached hydrogen (secondary N) is 1. The summed E-state index contributed by atoms with van der Waals surface area (Å²) in [6.07, 6.45) is 3.25. The first-order valence-corrected chi connectivity index (χ1v) is 8.52. The van der Waals surface area contributed by atoms with E-state index in [0.717, 1.165) is 25.2 Å². The normalized spacial score (nSPS) is 18.0. The third-order valence-corrected chi connectivity index (χ3v) is 5.58. The van der Waals surface area contributed by atoms with Crippen molar-refractivity contribution in [1.82, 2.24) is 9.62 Å². The minimum absolute atomic E-state index is 0.271. The van der Waals surface area contributed by atoms with Crippen molar-refractivity contribution in [2.45, 2.75) is 24.6 Å². The van der Waals surface area contributed by atoms with Gasteiger partial charge in [0.2, 0.25) is 10.0 Å². The van der Waals surface area contributed by atoms with Gasteiger partial charge in [0.1, 0.15) is 0 Å². The molecule has 0 saturated carbocycles. The summed E-state index contributed by atoms with van der Waals surface area (Å²) < 4.78 is 27.3. The maximum Gasteiger partial charge on any atom is 0.214 e. The number of nitrogens with zero attached hydrogens (tertiary/aromatic N) is 1. The van der Waals surface area contributed by atoms with Crippen LogP contribution in [0.15, 0.2) is 43.0 Å². The molecule has 20 heavy (non-hydrogen) atoms. The first kappa shape index (κ1) is 15.2. The Balaban J connectivity index is 1.86. The van der Waals surface area contributed by atoms with Crippen LogP contribution in [0.25, 0.3) is 0 Å². The third-order valence-electron chi connectivity index (χ3n) is 3.68. The van der Waals surface area contributed by atoms with Gasteiger partial charge in [-0.1, -0.05) is 36.4 Å². The molecule has 0 amide bonds. The molecule has 4 nitrogen and oxygen atoms in total. The molecule has 2 rings (SSSR count). The van der Waals surface area contributed by atoms with E-state index >= 15 is 0 Å². The fraction of sp³-hybridized carbons (Fsp3) is 0.467. The van der Waals surface area contributed by atoms with Crippen LogP contribution in [-0.2, 0) is 16.6 Å². The van der Waals surface area contributed by atoms with Gasteiger partial charge in [-0.2, -0.15) is 0 Å². The second-order valence-electron chi connectivity index (χ2n) is 5.14. The highest BCUT2D eigenvalue weighted by Gasteiger charge is 2.29. The molecule has 0 unspecified atom stereocenters. The van der Waals surface area contributed by atoms with Gasteiger partial charge in [0, 0.05) is 13.1 Å². The highest BCUT2D eigenvalue weighted by atomic mass is 32.2. The SMILES string of the molecule is C=CCN1CCC(S(=O)(=O)NCc2ccccc2)CC1. The van der Waals surface area contributed by atoms with Crippen LogP contribution >= 0.6 is 0 Å². The summed E-state index contributed by atoms with van der Waals surface area (Å²) in [5.74, 6) is 0. The minimum Gasteiger partial charge on any atom is -0.300 e. The lowest BCUT2D eigenvalue weighted by Crippen LogP contribution is -2.43. The number of piperidine rings is 1. The Hall–Kier alpha value is -1.17. The average molecular weight is 294 g/mol. The third kappa shape index (κ3) is 4.16.